The molecule has 0 bridgehead atoms. The molecule has 2 rings (SSSR count). The van der Waals surface area contributed by atoms with Gasteiger partial charge in [-0.05, 0) is 38.9 Å². The number of unbranched alkanes of at least 4 members (excludes halogenated alkanes) is 1. The average molecular weight is 279 g/mol. The SMILES string of the molecule is Cn1cnc(C(=O)N2CCCN(CCCCN)CC2)c1. The largest absolute Gasteiger partial charge is 0.340 e. The van der Waals surface area contributed by atoms with E-state index >= 15 is 0 Å². The predicted octanol–water partition coefficient (Wildman–Crippen LogP) is 0.307. The normalized spacial score (nSPS) is 17.2. The molecule has 0 atom stereocenters. The van der Waals surface area contributed by atoms with Crippen LogP contribution in [0.5, 0.6) is 0 Å². The molecule has 0 radical (unpaired) electrons. The van der Waals surface area contributed by atoms with Crippen LogP contribution in [0.2, 0.25) is 0 Å². The third kappa shape index (κ3) is 4.05. The van der Waals surface area contributed by atoms with Gasteiger partial charge in [-0.25, -0.2) is 4.98 Å². The lowest BCUT2D eigenvalue weighted by atomic mass is 10.3. The van der Waals surface area contributed by atoms with Crippen LogP contribution in [0.1, 0.15) is 29.8 Å². The zero-order valence-corrected chi connectivity index (χ0v) is 12.3. The van der Waals surface area contributed by atoms with Crippen molar-refractivity contribution in [3.63, 3.8) is 0 Å². The summed E-state index contributed by atoms with van der Waals surface area (Å²) in [5.74, 6) is 0.0504. The average Bonchev–Trinajstić information content (AvgIpc) is 2.74. The number of hydrogen-bond acceptors (Lipinski definition) is 4. The second-order valence-electron chi connectivity index (χ2n) is 5.41. The molecule has 1 saturated heterocycles. The van der Waals surface area contributed by atoms with Crippen molar-refractivity contribution in [3.8, 4) is 0 Å². The van der Waals surface area contributed by atoms with Crippen molar-refractivity contribution in [1.29, 1.82) is 0 Å². The number of carbonyl (C=O) groups is 1. The summed E-state index contributed by atoms with van der Waals surface area (Å²) in [4.78, 5) is 20.8. The topological polar surface area (TPSA) is 67.4 Å². The van der Waals surface area contributed by atoms with Gasteiger partial charge in [0.15, 0.2) is 0 Å². The van der Waals surface area contributed by atoms with Gasteiger partial charge in [0.25, 0.3) is 5.91 Å². The third-order valence-corrected chi connectivity index (χ3v) is 3.73. The van der Waals surface area contributed by atoms with Gasteiger partial charge < -0.3 is 20.1 Å². The molecule has 0 unspecified atom stereocenters. The Labute approximate surface area is 120 Å². The Morgan fingerprint density at radius 3 is 2.85 bits per heavy atom. The number of rotatable bonds is 5. The number of nitrogens with zero attached hydrogens (tertiary/aromatic N) is 4. The summed E-state index contributed by atoms with van der Waals surface area (Å²) >= 11 is 0. The Balaban J connectivity index is 1.84. The molecule has 0 spiro atoms. The number of imidazole rings is 1. The van der Waals surface area contributed by atoms with Gasteiger partial charge in [0, 0.05) is 32.9 Å². The molecule has 0 aromatic carbocycles. The maximum absolute atomic E-state index is 12.3. The third-order valence-electron chi connectivity index (χ3n) is 3.73. The zero-order valence-electron chi connectivity index (χ0n) is 12.3. The second kappa shape index (κ2) is 7.40. The van der Waals surface area contributed by atoms with Crippen LogP contribution in [-0.2, 0) is 7.05 Å². The first-order chi connectivity index (χ1) is 9.70. The van der Waals surface area contributed by atoms with Gasteiger partial charge in [0.1, 0.15) is 5.69 Å². The van der Waals surface area contributed by atoms with Gasteiger partial charge in [-0.15, -0.1) is 0 Å². The van der Waals surface area contributed by atoms with Crippen molar-refractivity contribution in [2.24, 2.45) is 12.8 Å². The van der Waals surface area contributed by atoms with Crippen molar-refractivity contribution in [1.82, 2.24) is 19.4 Å². The molecular formula is C14H25N5O. The van der Waals surface area contributed by atoms with Crippen molar-refractivity contribution in [3.05, 3.63) is 18.2 Å². The Morgan fingerprint density at radius 2 is 2.15 bits per heavy atom. The summed E-state index contributed by atoms with van der Waals surface area (Å²) in [5, 5.41) is 0. The number of hydrogen-bond donors (Lipinski definition) is 1. The highest BCUT2D eigenvalue weighted by Gasteiger charge is 2.21. The van der Waals surface area contributed by atoms with E-state index in [1.807, 2.05) is 16.5 Å². The van der Waals surface area contributed by atoms with Crippen molar-refractivity contribution in [2.45, 2.75) is 19.3 Å². The second-order valence-corrected chi connectivity index (χ2v) is 5.41. The fourth-order valence-electron chi connectivity index (χ4n) is 2.56. The van der Waals surface area contributed by atoms with Crippen LogP contribution in [0.3, 0.4) is 0 Å². The first-order valence-electron chi connectivity index (χ1n) is 7.40. The number of aromatic nitrogens is 2. The molecule has 1 aromatic heterocycles. The minimum Gasteiger partial charge on any atom is -0.340 e. The smallest absolute Gasteiger partial charge is 0.274 e. The molecule has 0 aliphatic carbocycles. The van der Waals surface area contributed by atoms with Gasteiger partial charge in [0.2, 0.25) is 0 Å². The fraction of sp³-hybridized carbons (Fsp3) is 0.714. The minimum absolute atomic E-state index is 0.0504. The van der Waals surface area contributed by atoms with Gasteiger partial charge >= 0.3 is 0 Å². The lowest BCUT2D eigenvalue weighted by Gasteiger charge is -2.21. The van der Waals surface area contributed by atoms with Crippen LogP contribution < -0.4 is 5.73 Å². The van der Waals surface area contributed by atoms with E-state index in [1.54, 1.807) is 12.5 Å². The van der Waals surface area contributed by atoms with Gasteiger partial charge in [-0.2, -0.15) is 0 Å². The van der Waals surface area contributed by atoms with E-state index in [0.29, 0.717) is 5.69 Å². The molecule has 1 aromatic rings. The molecule has 2 heterocycles. The first kappa shape index (κ1) is 15.0. The molecule has 112 valence electrons. The van der Waals surface area contributed by atoms with E-state index < -0.39 is 0 Å². The van der Waals surface area contributed by atoms with E-state index in [2.05, 4.69) is 9.88 Å². The van der Waals surface area contributed by atoms with Gasteiger partial charge in [0.05, 0.1) is 6.33 Å². The number of nitrogens with two attached hydrogens (primary N) is 1. The van der Waals surface area contributed by atoms with Crippen LogP contribution >= 0.6 is 0 Å². The van der Waals surface area contributed by atoms with Crippen molar-refractivity contribution < 1.29 is 4.79 Å². The lowest BCUT2D eigenvalue weighted by Crippen LogP contribution is -2.35. The zero-order chi connectivity index (χ0) is 14.4. The van der Waals surface area contributed by atoms with Crippen LogP contribution in [0, 0.1) is 0 Å². The molecule has 1 fully saturated rings. The standard InChI is InChI=1S/C14H25N5O/c1-17-11-13(16-12-17)14(20)19-8-4-7-18(9-10-19)6-3-2-5-15/h11-12H,2-10,15H2,1H3. The van der Waals surface area contributed by atoms with Crippen molar-refractivity contribution in [2.75, 3.05) is 39.3 Å². The maximum atomic E-state index is 12.3. The Kier molecular flexibility index (Phi) is 5.55. The van der Waals surface area contributed by atoms with Gasteiger partial charge in [-0.3, -0.25) is 4.79 Å². The summed E-state index contributed by atoms with van der Waals surface area (Å²) in [6.45, 7) is 5.47. The summed E-state index contributed by atoms with van der Waals surface area (Å²) < 4.78 is 1.81. The molecule has 20 heavy (non-hydrogen) atoms. The number of amides is 1. The number of carbonyl (C=O) groups excluding carboxylic acids is 1. The Bertz CT molecular complexity index is 431. The molecule has 1 aliphatic rings. The fourth-order valence-corrected chi connectivity index (χ4v) is 2.56. The molecule has 2 N–H and O–H groups in total. The lowest BCUT2D eigenvalue weighted by molar-refractivity contribution is 0.0756. The van der Waals surface area contributed by atoms with Crippen LogP contribution in [0.15, 0.2) is 12.5 Å². The molecule has 6 nitrogen and oxygen atoms in total. The molecular weight excluding hydrogens is 254 g/mol. The van der Waals surface area contributed by atoms with Crippen LogP contribution in [0.4, 0.5) is 0 Å². The highest BCUT2D eigenvalue weighted by Crippen LogP contribution is 2.08. The van der Waals surface area contributed by atoms with E-state index in [4.69, 9.17) is 5.73 Å². The highest BCUT2D eigenvalue weighted by atomic mass is 16.2. The minimum atomic E-state index is 0.0504. The van der Waals surface area contributed by atoms with E-state index in [0.717, 1.165) is 58.5 Å². The summed E-state index contributed by atoms with van der Waals surface area (Å²) in [5.41, 5.74) is 6.07. The number of aryl methyl sites for hydroxylation is 1. The predicted molar refractivity (Wildman–Crippen MR) is 78.5 cm³/mol. The first-order valence-corrected chi connectivity index (χ1v) is 7.40. The Morgan fingerprint density at radius 1 is 1.30 bits per heavy atom. The molecule has 6 heteroatoms. The summed E-state index contributed by atoms with van der Waals surface area (Å²) in [7, 11) is 1.88. The van der Waals surface area contributed by atoms with E-state index in [9.17, 15) is 4.79 Å². The highest BCUT2D eigenvalue weighted by molar-refractivity contribution is 5.92. The molecule has 0 saturated carbocycles. The van der Waals surface area contributed by atoms with Gasteiger partial charge in [-0.1, -0.05) is 0 Å². The van der Waals surface area contributed by atoms with E-state index in [-0.39, 0.29) is 5.91 Å². The molecule has 1 amide bonds. The van der Waals surface area contributed by atoms with Crippen LogP contribution in [-0.4, -0.2) is 64.5 Å². The summed E-state index contributed by atoms with van der Waals surface area (Å²) in [6.07, 6.45) is 6.70. The Hall–Kier alpha value is -1.40. The van der Waals surface area contributed by atoms with Crippen molar-refractivity contribution >= 4 is 5.91 Å². The monoisotopic (exact) mass is 279 g/mol. The maximum Gasteiger partial charge on any atom is 0.274 e. The van der Waals surface area contributed by atoms with Crippen LogP contribution in [0.25, 0.3) is 0 Å². The quantitative estimate of drug-likeness (QED) is 0.788. The molecule has 1 aliphatic heterocycles. The summed E-state index contributed by atoms with van der Waals surface area (Å²) in [6, 6.07) is 0. The van der Waals surface area contributed by atoms with E-state index in [1.165, 1.54) is 0 Å².